The Morgan fingerprint density at radius 3 is 2.59 bits per heavy atom. The van der Waals surface area contributed by atoms with Gasteiger partial charge in [-0.3, -0.25) is 9.59 Å². The van der Waals surface area contributed by atoms with Gasteiger partial charge in [0, 0.05) is 20.1 Å². The van der Waals surface area contributed by atoms with E-state index in [-0.39, 0.29) is 32.0 Å². The molecule has 0 aliphatic carbocycles. The first kappa shape index (κ1) is 18.0. The number of rotatable bonds is 9. The third kappa shape index (κ3) is 6.17. The molecule has 0 aromatic heterocycles. The van der Waals surface area contributed by atoms with Crippen LogP contribution in [0.15, 0.2) is 18.2 Å². The number of halogens is 2. The Balaban J connectivity index is 2.47. The van der Waals surface area contributed by atoms with Crippen molar-refractivity contribution in [1.82, 2.24) is 4.90 Å². The lowest BCUT2D eigenvalue weighted by molar-refractivity contribution is -0.144. The number of nitrogens with zero attached hydrogens (tertiary/aromatic N) is 1. The van der Waals surface area contributed by atoms with E-state index in [0.717, 1.165) is 12.1 Å². The van der Waals surface area contributed by atoms with Crippen molar-refractivity contribution in [3.8, 4) is 0 Å². The van der Waals surface area contributed by atoms with Crippen molar-refractivity contribution in [3.63, 3.8) is 0 Å². The maximum Gasteiger partial charge on any atom is 0.323 e. The van der Waals surface area contributed by atoms with Gasteiger partial charge in [0.15, 0.2) is 11.6 Å². The highest BCUT2D eigenvalue weighted by molar-refractivity contribution is 5.81. The highest BCUT2D eigenvalue weighted by Crippen LogP contribution is 2.11. The molecule has 0 saturated carbocycles. The van der Waals surface area contributed by atoms with Crippen LogP contribution < -0.4 is 0 Å². The molecule has 0 radical (unpaired) electrons. The zero-order chi connectivity index (χ0) is 16.5. The summed E-state index contributed by atoms with van der Waals surface area (Å²) in [6.45, 7) is 0.0718. The van der Waals surface area contributed by atoms with Crippen LogP contribution in [0.2, 0.25) is 0 Å². The van der Waals surface area contributed by atoms with Gasteiger partial charge >= 0.3 is 5.97 Å². The maximum absolute atomic E-state index is 13.0. The Bertz CT molecular complexity index is 522. The molecule has 1 amide bonds. The van der Waals surface area contributed by atoms with E-state index in [1.807, 2.05) is 0 Å². The highest BCUT2D eigenvalue weighted by Gasteiger charge is 2.16. The Morgan fingerprint density at radius 1 is 1.27 bits per heavy atom. The van der Waals surface area contributed by atoms with E-state index in [2.05, 4.69) is 0 Å². The number of amides is 1. The zero-order valence-corrected chi connectivity index (χ0v) is 12.3. The van der Waals surface area contributed by atoms with E-state index in [9.17, 15) is 18.4 Å². The molecule has 5 nitrogen and oxygen atoms in total. The Kier molecular flexibility index (Phi) is 7.45. The topological polar surface area (TPSA) is 66.8 Å². The van der Waals surface area contributed by atoms with E-state index in [0.29, 0.717) is 18.4 Å². The van der Waals surface area contributed by atoms with Crippen molar-refractivity contribution < 1.29 is 28.2 Å². The number of ether oxygens (including phenoxy) is 1. The van der Waals surface area contributed by atoms with Crippen LogP contribution in [0.5, 0.6) is 0 Å². The smallest absolute Gasteiger partial charge is 0.323 e. The van der Waals surface area contributed by atoms with E-state index in [1.54, 1.807) is 0 Å². The maximum atomic E-state index is 13.0. The van der Waals surface area contributed by atoms with Crippen molar-refractivity contribution in [2.45, 2.75) is 19.3 Å². The summed E-state index contributed by atoms with van der Waals surface area (Å²) in [5.41, 5.74) is 0.591. The molecule has 0 aliphatic heterocycles. The minimum Gasteiger partial charge on any atom is -0.480 e. The summed E-state index contributed by atoms with van der Waals surface area (Å²) < 4.78 is 30.7. The molecule has 0 atom stereocenters. The summed E-state index contributed by atoms with van der Waals surface area (Å²) in [6.07, 6.45) is 0.969. The van der Waals surface area contributed by atoms with Gasteiger partial charge in [0.1, 0.15) is 6.54 Å². The van der Waals surface area contributed by atoms with Gasteiger partial charge in [-0.25, -0.2) is 8.78 Å². The molecule has 1 aromatic rings. The van der Waals surface area contributed by atoms with Crippen LogP contribution in [0.25, 0.3) is 0 Å². The molecule has 1 rings (SSSR count). The number of aryl methyl sites for hydroxylation is 1. The van der Waals surface area contributed by atoms with E-state index >= 15 is 0 Å². The molecule has 0 fully saturated rings. The predicted molar refractivity (Wildman–Crippen MR) is 75.4 cm³/mol. The molecule has 122 valence electrons. The molecular weight excluding hydrogens is 296 g/mol. The lowest BCUT2D eigenvalue weighted by Crippen LogP contribution is -2.37. The fraction of sp³-hybridized carbons (Fsp3) is 0.467. The van der Waals surface area contributed by atoms with Crippen molar-refractivity contribution >= 4 is 11.9 Å². The zero-order valence-electron chi connectivity index (χ0n) is 12.3. The number of methoxy groups -OCH3 is 1. The van der Waals surface area contributed by atoms with Crippen LogP contribution >= 0.6 is 0 Å². The van der Waals surface area contributed by atoms with Gasteiger partial charge in [0.05, 0.1) is 6.61 Å². The monoisotopic (exact) mass is 315 g/mol. The van der Waals surface area contributed by atoms with E-state index < -0.39 is 17.6 Å². The Hall–Kier alpha value is -2.02. The largest absolute Gasteiger partial charge is 0.480 e. The van der Waals surface area contributed by atoms with Gasteiger partial charge in [-0.2, -0.15) is 0 Å². The molecule has 0 bridgehead atoms. The van der Waals surface area contributed by atoms with Crippen LogP contribution in [-0.4, -0.2) is 48.7 Å². The number of aliphatic carboxylic acids is 1. The number of carboxylic acid groups (broad SMARTS) is 1. The summed E-state index contributed by atoms with van der Waals surface area (Å²) in [6, 6.07) is 3.60. The summed E-state index contributed by atoms with van der Waals surface area (Å²) in [5.74, 6) is -3.23. The van der Waals surface area contributed by atoms with Crippen molar-refractivity contribution in [2.24, 2.45) is 0 Å². The minimum absolute atomic E-state index is 0.135. The second-order valence-electron chi connectivity index (χ2n) is 4.80. The number of hydrogen-bond donors (Lipinski definition) is 1. The molecule has 0 heterocycles. The summed E-state index contributed by atoms with van der Waals surface area (Å²) in [5, 5.41) is 8.78. The summed E-state index contributed by atoms with van der Waals surface area (Å²) in [7, 11) is 1.46. The highest BCUT2D eigenvalue weighted by atomic mass is 19.2. The molecule has 7 heteroatoms. The van der Waals surface area contributed by atoms with Gasteiger partial charge in [-0.05, 0) is 30.5 Å². The number of benzene rings is 1. The SMILES string of the molecule is COCCN(CC(=O)O)C(=O)CCCc1ccc(F)c(F)c1. The third-order valence-corrected chi connectivity index (χ3v) is 3.08. The van der Waals surface area contributed by atoms with Gasteiger partial charge < -0.3 is 14.7 Å². The molecule has 0 aliphatic rings. The van der Waals surface area contributed by atoms with Crippen molar-refractivity contribution in [3.05, 3.63) is 35.4 Å². The second-order valence-corrected chi connectivity index (χ2v) is 4.80. The predicted octanol–water partition coefficient (Wildman–Crippen LogP) is 1.85. The fourth-order valence-electron chi connectivity index (χ4n) is 1.95. The summed E-state index contributed by atoms with van der Waals surface area (Å²) in [4.78, 5) is 23.9. The molecule has 1 N–H and O–H groups in total. The van der Waals surface area contributed by atoms with Crippen molar-refractivity contribution in [1.29, 1.82) is 0 Å². The van der Waals surface area contributed by atoms with Crippen LogP contribution in [0.1, 0.15) is 18.4 Å². The molecule has 1 aromatic carbocycles. The first-order valence-electron chi connectivity index (χ1n) is 6.86. The lowest BCUT2D eigenvalue weighted by Gasteiger charge is -2.20. The minimum atomic E-state index is -1.09. The standard InChI is InChI=1S/C15H19F2NO4/c1-22-8-7-18(10-15(20)21)14(19)4-2-3-11-5-6-12(16)13(17)9-11/h5-6,9H,2-4,7-8,10H2,1H3,(H,20,21). The van der Waals surface area contributed by atoms with Gasteiger partial charge in [-0.1, -0.05) is 6.07 Å². The Labute approximate surface area is 127 Å². The van der Waals surface area contributed by atoms with Crippen molar-refractivity contribution in [2.75, 3.05) is 26.8 Å². The Morgan fingerprint density at radius 2 is 2.00 bits per heavy atom. The fourth-order valence-corrected chi connectivity index (χ4v) is 1.95. The van der Waals surface area contributed by atoms with Crippen LogP contribution in [0.4, 0.5) is 8.78 Å². The molecule has 0 saturated heterocycles. The van der Waals surface area contributed by atoms with E-state index in [4.69, 9.17) is 9.84 Å². The van der Waals surface area contributed by atoms with E-state index in [1.165, 1.54) is 18.1 Å². The molecular formula is C15H19F2NO4. The van der Waals surface area contributed by atoms with Gasteiger partial charge in [0.25, 0.3) is 0 Å². The number of carbonyl (C=O) groups is 2. The summed E-state index contributed by atoms with van der Waals surface area (Å²) >= 11 is 0. The van der Waals surface area contributed by atoms with Crippen LogP contribution in [-0.2, 0) is 20.7 Å². The van der Waals surface area contributed by atoms with Gasteiger partial charge in [-0.15, -0.1) is 0 Å². The second kappa shape index (κ2) is 9.09. The molecule has 0 spiro atoms. The first-order valence-corrected chi connectivity index (χ1v) is 6.86. The lowest BCUT2D eigenvalue weighted by atomic mass is 10.1. The third-order valence-electron chi connectivity index (χ3n) is 3.08. The average molecular weight is 315 g/mol. The van der Waals surface area contributed by atoms with Crippen LogP contribution in [0, 0.1) is 11.6 Å². The number of carboxylic acids is 1. The number of hydrogen-bond acceptors (Lipinski definition) is 3. The average Bonchev–Trinajstić information content (AvgIpc) is 2.46. The van der Waals surface area contributed by atoms with Gasteiger partial charge in [0.2, 0.25) is 5.91 Å². The normalized spacial score (nSPS) is 10.5. The quantitative estimate of drug-likeness (QED) is 0.755. The molecule has 22 heavy (non-hydrogen) atoms. The molecule has 0 unspecified atom stereocenters. The van der Waals surface area contributed by atoms with Crippen LogP contribution in [0.3, 0.4) is 0 Å². The number of carbonyl (C=O) groups excluding carboxylic acids is 1. The first-order chi connectivity index (χ1) is 10.4.